The molecular formula is C14H13FN4O. The molecule has 0 spiro atoms. The lowest BCUT2D eigenvalue weighted by molar-refractivity contribution is 0.102. The number of hydrogen-bond acceptors (Lipinski definition) is 4. The summed E-state index contributed by atoms with van der Waals surface area (Å²) in [6.45, 7) is 4.04. The van der Waals surface area contributed by atoms with Gasteiger partial charge in [0.25, 0.3) is 5.91 Å². The SMILES string of the molecule is C=CCNc1nccc(C(=O)Nc2ccccc2F)n1. The van der Waals surface area contributed by atoms with Crippen molar-refractivity contribution in [3.63, 3.8) is 0 Å². The fraction of sp³-hybridized carbons (Fsp3) is 0.0714. The van der Waals surface area contributed by atoms with Crippen molar-refractivity contribution in [1.82, 2.24) is 9.97 Å². The number of aromatic nitrogens is 2. The second-order valence-electron chi connectivity index (χ2n) is 3.87. The van der Waals surface area contributed by atoms with Crippen molar-refractivity contribution in [2.45, 2.75) is 0 Å². The van der Waals surface area contributed by atoms with Gasteiger partial charge in [0.2, 0.25) is 5.95 Å². The summed E-state index contributed by atoms with van der Waals surface area (Å²) in [5, 5.41) is 5.33. The minimum Gasteiger partial charge on any atom is -0.351 e. The lowest BCUT2D eigenvalue weighted by Crippen LogP contribution is -2.16. The number of nitrogens with zero attached hydrogens (tertiary/aromatic N) is 2. The summed E-state index contributed by atoms with van der Waals surface area (Å²) in [6, 6.07) is 7.38. The maximum absolute atomic E-state index is 13.4. The van der Waals surface area contributed by atoms with Crippen molar-refractivity contribution in [1.29, 1.82) is 0 Å². The van der Waals surface area contributed by atoms with Crippen molar-refractivity contribution in [3.8, 4) is 0 Å². The van der Waals surface area contributed by atoms with Gasteiger partial charge in [0.05, 0.1) is 5.69 Å². The number of carbonyl (C=O) groups excluding carboxylic acids is 1. The van der Waals surface area contributed by atoms with Crippen molar-refractivity contribution in [3.05, 3.63) is 60.7 Å². The number of benzene rings is 1. The van der Waals surface area contributed by atoms with Gasteiger partial charge in [0, 0.05) is 12.7 Å². The first kappa shape index (κ1) is 13.7. The Balaban J connectivity index is 2.13. The van der Waals surface area contributed by atoms with Gasteiger partial charge in [-0.3, -0.25) is 4.79 Å². The third kappa shape index (κ3) is 3.38. The number of amides is 1. The van der Waals surface area contributed by atoms with Crippen molar-refractivity contribution < 1.29 is 9.18 Å². The summed E-state index contributed by atoms with van der Waals surface area (Å²) in [6.07, 6.45) is 3.10. The molecule has 2 aromatic rings. The lowest BCUT2D eigenvalue weighted by Gasteiger charge is -2.07. The minimum atomic E-state index is -0.501. The molecule has 102 valence electrons. The molecule has 0 saturated heterocycles. The Morgan fingerprint density at radius 1 is 1.35 bits per heavy atom. The maximum atomic E-state index is 13.4. The van der Waals surface area contributed by atoms with Gasteiger partial charge >= 0.3 is 0 Å². The molecule has 5 nitrogen and oxygen atoms in total. The van der Waals surface area contributed by atoms with Crippen LogP contribution in [0.25, 0.3) is 0 Å². The first-order chi connectivity index (χ1) is 9.70. The van der Waals surface area contributed by atoms with Crippen LogP contribution >= 0.6 is 0 Å². The monoisotopic (exact) mass is 272 g/mol. The second-order valence-corrected chi connectivity index (χ2v) is 3.87. The van der Waals surface area contributed by atoms with Crippen molar-refractivity contribution in [2.75, 3.05) is 17.2 Å². The quantitative estimate of drug-likeness (QED) is 0.820. The van der Waals surface area contributed by atoms with E-state index < -0.39 is 11.7 Å². The Morgan fingerprint density at radius 2 is 2.15 bits per heavy atom. The van der Waals surface area contributed by atoms with Crippen LogP contribution in [0, 0.1) is 5.82 Å². The molecule has 0 radical (unpaired) electrons. The van der Waals surface area contributed by atoms with Crippen molar-refractivity contribution in [2.24, 2.45) is 0 Å². The number of nitrogens with one attached hydrogen (secondary N) is 2. The van der Waals surface area contributed by atoms with Gasteiger partial charge in [-0.25, -0.2) is 14.4 Å². The zero-order valence-electron chi connectivity index (χ0n) is 10.6. The van der Waals surface area contributed by atoms with E-state index in [1.165, 1.54) is 24.4 Å². The average molecular weight is 272 g/mol. The van der Waals surface area contributed by atoms with Crippen LogP contribution in [0.3, 0.4) is 0 Å². The van der Waals surface area contributed by atoms with E-state index in [4.69, 9.17) is 0 Å². The van der Waals surface area contributed by atoms with Crippen LogP contribution in [-0.4, -0.2) is 22.4 Å². The highest BCUT2D eigenvalue weighted by molar-refractivity contribution is 6.03. The summed E-state index contributed by atoms with van der Waals surface area (Å²) in [5.41, 5.74) is 0.256. The van der Waals surface area contributed by atoms with Crippen LogP contribution in [0.15, 0.2) is 49.2 Å². The molecule has 2 N–H and O–H groups in total. The third-order valence-electron chi connectivity index (χ3n) is 2.41. The van der Waals surface area contributed by atoms with Gasteiger partial charge in [-0.05, 0) is 18.2 Å². The number of rotatable bonds is 5. The van der Waals surface area contributed by atoms with Crippen LogP contribution in [0.1, 0.15) is 10.5 Å². The molecule has 0 aliphatic heterocycles. The van der Waals surface area contributed by atoms with E-state index in [9.17, 15) is 9.18 Å². The van der Waals surface area contributed by atoms with Crippen LogP contribution in [0.5, 0.6) is 0 Å². The minimum absolute atomic E-state index is 0.108. The maximum Gasteiger partial charge on any atom is 0.274 e. The molecule has 2 rings (SSSR count). The smallest absolute Gasteiger partial charge is 0.274 e. The molecule has 20 heavy (non-hydrogen) atoms. The van der Waals surface area contributed by atoms with Gasteiger partial charge in [-0.15, -0.1) is 6.58 Å². The van der Waals surface area contributed by atoms with E-state index in [1.807, 2.05) is 0 Å². The lowest BCUT2D eigenvalue weighted by atomic mass is 10.3. The Labute approximate surface area is 115 Å². The third-order valence-corrected chi connectivity index (χ3v) is 2.41. The van der Waals surface area contributed by atoms with Gasteiger partial charge in [0.15, 0.2) is 0 Å². The van der Waals surface area contributed by atoms with E-state index >= 15 is 0 Å². The summed E-state index contributed by atoms with van der Waals surface area (Å²) < 4.78 is 13.4. The zero-order valence-corrected chi connectivity index (χ0v) is 10.6. The van der Waals surface area contributed by atoms with E-state index in [0.29, 0.717) is 12.5 Å². The fourth-order valence-corrected chi connectivity index (χ4v) is 1.48. The molecule has 0 aliphatic carbocycles. The number of anilines is 2. The first-order valence-corrected chi connectivity index (χ1v) is 5.94. The van der Waals surface area contributed by atoms with E-state index in [1.54, 1.807) is 18.2 Å². The average Bonchev–Trinajstić information content (AvgIpc) is 2.48. The van der Waals surface area contributed by atoms with Crippen LogP contribution in [0.4, 0.5) is 16.0 Å². The summed E-state index contributed by atoms with van der Waals surface area (Å²) in [5.74, 6) is -0.690. The highest BCUT2D eigenvalue weighted by Crippen LogP contribution is 2.13. The van der Waals surface area contributed by atoms with Crippen LogP contribution in [0.2, 0.25) is 0 Å². The molecule has 0 unspecified atom stereocenters. The second kappa shape index (κ2) is 6.42. The normalized spacial score (nSPS) is 9.85. The zero-order chi connectivity index (χ0) is 14.4. The predicted octanol–water partition coefficient (Wildman–Crippen LogP) is 2.47. The fourth-order valence-electron chi connectivity index (χ4n) is 1.48. The van der Waals surface area contributed by atoms with Crippen molar-refractivity contribution >= 4 is 17.5 Å². The largest absolute Gasteiger partial charge is 0.351 e. The highest BCUT2D eigenvalue weighted by atomic mass is 19.1. The van der Waals surface area contributed by atoms with Gasteiger partial charge in [0.1, 0.15) is 11.5 Å². The Kier molecular flexibility index (Phi) is 4.39. The molecule has 6 heteroatoms. The van der Waals surface area contributed by atoms with Crippen LogP contribution < -0.4 is 10.6 Å². The number of halogens is 1. The molecule has 1 amide bonds. The van der Waals surface area contributed by atoms with E-state index in [-0.39, 0.29) is 11.4 Å². The molecule has 0 fully saturated rings. The van der Waals surface area contributed by atoms with Gasteiger partial charge in [-0.2, -0.15) is 0 Å². The molecule has 1 aromatic heterocycles. The molecule has 0 bridgehead atoms. The molecule has 1 aromatic carbocycles. The van der Waals surface area contributed by atoms with E-state index in [2.05, 4.69) is 27.2 Å². The summed E-state index contributed by atoms with van der Waals surface area (Å²) in [4.78, 5) is 20.0. The Bertz CT molecular complexity index is 630. The molecular weight excluding hydrogens is 259 g/mol. The number of carbonyl (C=O) groups is 1. The molecule has 0 saturated carbocycles. The Hall–Kier alpha value is -2.76. The Morgan fingerprint density at radius 3 is 2.90 bits per heavy atom. The molecule has 0 atom stereocenters. The highest BCUT2D eigenvalue weighted by Gasteiger charge is 2.11. The summed E-state index contributed by atoms with van der Waals surface area (Å²) in [7, 11) is 0. The first-order valence-electron chi connectivity index (χ1n) is 5.94. The number of hydrogen-bond donors (Lipinski definition) is 2. The molecule has 0 aliphatic rings. The number of para-hydroxylation sites is 1. The predicted molar refractivity (Wildman–Crippen MR) is 75.1 cm³/mol. The standard InChI is InChI=1S/C14H13FN4O/c1-2-8-16-14-17-9-7-12(19-14)13(20)18-11-6-4-3-5-10(11)15/h2-7,9H,1,8H2,(H,18,20)(H,16,17,19). The topological polar surface area (TPSA) is 66.9 Å². The van der Waals surface area contributed by atoms with E-state index in [0.717, 1.165) is 0 Å². The van der Waals surface area contributed by atoms with Gasteiger partial charge < -0.3 is 10.6 Å². The molecule has 1 heterocycles. The summed E-state index contributed by atoms with van der Waals surface area (Å²) >= 11 is 0. The van der Waals surface area contributed by atoms with Gasteiger partial charge in [-0.1, -0.05) is 18.2 Å². The van der Waals surface area contributed by atoms with Crippen LogP contribution in [-0.2, 0) is 0 Å².